The average molecular weight is 394 g/mol. The van der Waals surface area contributed by atoms with Crippen molar-refractivity contribution in [2.45, 2.75) is 6.54 Å². The number of aromatic nitrogens is 2. The fourth-order valence-corrected chi connectivity index (χ4v) is 2.78. The number of amides is 1. The zero-order valence-electron chi connectivity index (χ0n) is 14.9. The van der Waals surface area contributed by atoms with E-state index in [1.165, 1.54) is 36.7 Å². The van der Waals surface area contributed by atoms with Gasteiger partial charge in [0.05, 0.1) is 16.9 Å². The van der Waals surface area contributed by atoms with Gasteiger partial charge in [0.2, 0.25) is 12.7 Å². The Labute approximate surface area is 163 Å². The van der Waals surface area contributed by atoms with Crippen LogP contribution in [0.25, 0.3) is 11.3 Å². The summed E-state index contributed by atoms with van der Waals surface area (Å²) < 4.78 is 11.7. The highest BCUT2D eigenvalue weighted by Gasteiger charge is 2.15. The molecule has 0 atom stereocenters. The van der Waals surface area contributed by atoms with Gasteiger partial charge in [0, 0.05) is 29.4 Å². The molecular weight excluding hydrogens is 380 g/mol. The highest BCUT2D eigenvalue weighted by Crippen LogP contribution is 2.35. The van der Waals surface area contributed by atoms with Gasteiger partial charge in [-0.25, -0.2) is 4.98 Å². The van der Waals surface area contributed by atoms with Crippen LogP contribution in [0.3, 0.4) is 0 Å². The highest BCUT2D eigenvalue weighted by molar-refractivity contribution is 5.90. The molecule has 1 N–H and O–H groups in total. The maximum absolute atomic E-state index is 12.4. The van der Waals surface area contributed by atoms with Gasteiger partial charge in [0.1, 0.15) is 6.54 Å². The van der Waals surface area contributed by atoms with Gasteiger partial charge < -0.3 is 14.8 Å². The second-order valence-electron chi connectivity index (χ2n) is 6.16. The molecule has 0 fully saturated rings. The predicted molar refractivity (Wildman–Crippen MR) is 102 cm³/mol. The van der Waals surface area contributed by atoms with Crippen molar-refractivity contribution in [3.8, 4) is 22.8 Å². The van der Waals surface area contributed by atoms with E-state index in [0.29, 0.717) is 28.4 Å². The Balaban J connectivity index is 1.46. The number of nitro groups is 1. The minimum absolute atomic E-state index is 0.0810. The minimum atomic E-state index is -0.529. The zero-order chi connectivity index (χ0) is 20.4. The van der Waals surface area contributed by atoms with Crippen LogP contribution in [0.5, 0.6) is 11.5 Å². The first kappa shape index (κ1) is 18.2. The third kappa shape index (κ3) is 3.90. The molecule has 0 spiro atoms. The van der Waals surface area contributed by atoms with Gasteiger partial charge in [-0.1, -0.05) is 0 Å². The van der Waals surface area contributed by atoms with E-state index < -0.39 is 16.4 Å². The summed E-state index contributed by atoms with van der Waals surface area (Å²) in [6.07, 6.45) is 1.29. The molecule has 29 heavy (non-hydrogen) atoms. The molecule has 0 bridgehead atoms. The van der Waals surface area contributed by atoms with Crippen LogP contribution in [-0.2, 0) is 11.3 Å². The maximum atomic E-state index is 12.4. The lowest BCUT2D eigenvalue weighted by atomic mass is 10.1. The van der Waals surface area contributed by atoms with E-state index in [9.17, 15) is 19.7 Å². The third-order valence-corrected chi connectivity index (χ3v) is 4.22. The van der Waals surface area contributed by atoms with Gasteiger partial charge in [-0.05, 0) is 30.3 Å². The number of carbonyl (C=O) groups is 1. The van der Waals surface area contributed by atoms with Crippen LogP contribution in [0.15, 0.2) is 59.7 Å². The molecule has 2 heterocycles. The standard InChI is InChI=1S/C19H14N4O6/c24-18(21-13-2-4-14(5-3-13)23(26)27)9-22-10-20-15(8-19(22)25)12-1-6-16-17(7-12)29-11-28-16/h1-8,10H,9,11H2,(H,21,24). The number of carbonyl (C=O) groups excluding carboxylic acids is 1. The van der Waals surface area contributed by atoms with Crippen molar-refractivity contribution >= 4 is 17.3 Å². The highest BCUT2D eigenvalue weighted by atomic mass is 16.7. The van der Waals surface area contributed by atoms with Crippen LogP contribution in [0.2, 0.25) is 0 Å². The van der Waals surface area contributed by atoms with E-state index in [2.05, 4.69) is 10.3 Å². The predicted octanol–water partition coefficient (Wildman–Crippen LogP) is 2.19. The maximum Gasteiger partial charge on any atom is 0.269 e. The first-order chi connectivity index (χ1) is 14.0. The Hall–Kier alpha value is -4.21. The molecule has 1 aliphatic rings. The van der Waals surface area contributed by atoms with E-state index in [-0.39, 0.29) is 19.0 Å². The molecule has 146 valence electrons. The Bertz CT molecular complexity index is 1160. The number of benzene rings is 2. The topological polar surface area (TPSA) is 126 Å². The molecule has 0 radical (unpaired) electrons. The van der Waals surface area contributed by atoms with E-state index in [0.717, 1.165) is 4.57 Å². The first-order valence-corrected chi connectivity index (χ1v) is 8.50. The van der Waals surface area contributed by atoms with E-state index >= 15 is 0 Å². The summed E-state index contributed by atoms with van der Waals surface area (Å²) in [4.78, 5) is 38.9. The molecule has 10 nitrogen and oxygen atoms in total. The van der Waals surface area contributed by atoms with Crippen molar-refractivity contribution in [2.75, 3.05) is 12.1 Å². The van der Waals surface area contributed by atoms with Crippen LogP contribution in [0.1, 0.15) is 0 Å². The molecule has 1 amide bonds. The van der Waals surface area contributed by atoms with Crippen molar-refractivity contribution in [2.24, 2.45) is 0 Å². The summed E-state index contributed by atoms with van der Waals surface area (Å²) in [6, 6.07) is 12.0. The normalized spacial score (nSPS) is 11.9. The molecule has 3 aromatic rings. The van der Waals surface area contributed by atoms with Crippen molar-refractivity contribution in [1.82, 2.24) is 9.55 Å². The van der Waals surface area contributed by atoms with Crippen LogP contribution < -0.4 is 20.3 Å². The summed E-state index contributed by atoms with van der Waals surface area (Å²) in [7, 11) is 0. The Morgan fingerprint density at radius 1 is 1.14 bits per heavy atom. The van der Waals surface area contributed by atoms with Crippen molar-refractivity contribution in [3.05, 3.63) is 75.3 Å². The van der Waals surface area contributed by atoms with Gasteiger partial charge >= 0.3 is 0 Å². The SMILES string of the molecule is O=C(Cn1cnc(-c2ccc3c(c2)OCO3)cc1=O)Nc1ccc([N+](=O)[O-])cc1. The number of hydrogen-bond acceptors (Lipinski definition) is 7. The molecule has 0 aliphatic carbocycles. The zero-order valence-corrected chi connectivity index (χ0v) is 14.9. The fourth-order valence-electron chi connectivity index (χ4n) is 2.78. The number of nitro benzene ring substituents is 1. The van der Waals surface area contributed by atoms with Gasteiger partial charge in [-0.3, -0.25) is 24.3 Å². The molecule has 0 saturated carbocycles. The minimum Gasteiger partial charge on any atom is -0.454 e. The molecule has 1 aromatic heterocycles. The van der Waals surface area contributed by atoms with E-state index in [1.807, 2.05) is 0 Å². The van der Waals surface area contributed by atoms with Gasteiger partial charge in [0.25, 0.3) is 11.2 Å². The summed E-state index contributed by atoms with van der Waals surface area (Å²) in [5.74, 6) is 0.750. The van der Waals surface area contributed by atoms with Crippen LogP contribution in [-0.4, -0.2) is 27.2 Å². The van der Waals surface area contributed by atoms with Crippen LogP contribution in [0, 0.1) is 10.1 Å². The number of fused-ring (bicyclic) bond motifs is 1. The number of hydrogen-bond donors (Lipinski definition) is 1. The van der Waals surface area contributed by atoms with Gasteiger partial charge in [0.15, 0.2) is 11.5 Å². The summed E-state index contributed by atoms with van der Waals surface area (Å²) in [6.45, 7) is -0.0953. The number of rotatable bonds is 5. The average Bonchev–Trinajstić information content (AvgIpc) is 3.17. The number of nitrogens with zero attached hydrogens (tertiary/aromatic N) is 3. The van der Waals surface area contributed by atoms with E-state index in [1.54, 1.807) is 18.2 Å². The largest absolute Gasteiger partial charge is 0.454 e. The second kappa shape index (κ2) is 7.43. The van der Waals surface area contributed by atoms with Crippen molar-refractivity contribution in [1.29, 1.82) is 0 Å². The van der Waals surface area contributed by atoms with E-state index in [4.69, 9.17) is 9.47 Å². The first-order valence-electron chi connectivity index (χ1n) is 8.50. The smallest absolute Gasteiger partial charge is 0.269 e. The van der Waals surface area contributed by atoms with Gasteiger partial charge in [-0.2, -0.15) is 0 Å². The third-order valence-electron chi connectivity index (χ3n) is 4.22. The molecular formula is C19H14N4O6. The summed E-state index contributed by atoms with van der Waals surface area (Å²) >= 11 is 0. The molecule has 2 aromatic carbocycles. The lowest BCUT2D eigenvalue weighted by Crippen LogP contribution is -2.27. The van der Waals surface area contributed by atoms with Crippen LogP contribution >= 0.6 is 0 Å². The lowest BCUT2D eigenvalue weighted by Gasteiger charge is -2.08. The molecule has 0 saturated heterocycles. The Morgan fingerprint density at radius 3 is 2.62 bits per heavy atom. The summed E-state index contributed by atoms with van der Waals surface area (Å²) in [5, 5.41) is 13.2. The number of nitrogens with one attached hydrogen (secondary N) is 1. The monoisotopic (exact) mass is 394 g/mol. The van der Waals surface area contributed by atoms with Crippen molar-refractivity contribution < 1.29 is 19.2 Å². The Kier molecular flexibility index (Phi) is 4.65. The quantitative estimate of drug-likeness (QED) is 0.519. The Morgan fingerprint density at radius 2 is 1.90 bits per heavy atom. The molecule has 4 rings (SSSR count). The second-order valence-corrected chi connectivity index (χ2v) is 6.16. The fraction of sp³-hybridized carbons (Fsp3) is 0.105. The number of non-ortho nitro benzene ring substituents is 1. The summed E-state index contributed by atoms with van der Waals surface area (Å²) in [5.41, 5.74) is 1.04. The molecule has 10 heteroatoms. The lowest BCUT2D eigenvalue weighted by molar-refractivity contribution is -0.384. The van der Waals surface area contributed by atoms with Crippen molar-refractivity contribution in [3.63, 3.8) is 0 Å². The van der Waals surface area contributed by atoms with Gasteiger partial charge in [-0.15, -0.1) is 0 Å². The van der Waals surface area contributed by atoms with Crippen LogP contribution in [0.4, 0.5) is 11.4 Å². The number of ether oxygens (including phenoxy) is 2. The molecule has 0 unspecified atom stereocenters. The molecule has 1 aliphatic heterocycles. The number of anilines is 1.